The van der Waals surface area contributed by atoms with Gasteiger partial charge in [-0.05, 0) is 49.6 Å². The van der Waals surface area contributed by atoms with Crippen LogP contribution in [0, 0.1) is 0 Å². The van der Waals surface area contributed by atoms with Gasteiger partial charge in [0.1, 0.15) is 0 Å². The van der Waals surface area contributed by atoms with Gasteiger partial charge >= 0.3 is 0 Å². The van der Waals surface area contributed by atoms with Gasteiger partial charge in [0, 0.05) is 17.4 Å². The Hall–Kier alpha value is -1.04. The molecule has 1 saturated carbocycles. The highest BCUT2D eigenvalue weighted by Crippen LogP contribution is 2.26. The number of hydrogen-bond acceptors (Lipinski definition) is 4. The van der Waals surface area contributed by atoms with Gasteiger partial charge in [-0.15, -0.1) is 11.8 Å². The molecule has 1 aromatic rings. The van der Waals surface area contributed by atoms with E-state index in [2.05, 4.69) is 35.8 Å². The first kappa shape index (κ1) is 16.8. The Labute approximate surface area is 142 Å². The number of hydrogen-bond donors (Lipinski definition) is 1. The molecule has 1 aliphatic heterocycles. The zero-order chi connectivity index (χ0) is 16.1. The molecule has 3 atom stereocenters. The SMILES string of the molecule is CSc1ccc(CCC(=O)NC2CCC3OCCOC3C2)cc1. The van der Waals surface area contributed by atoms with E-state index in [1.807, 2.05) is 0 Å². The van der Waals surface area contributed by atoms with Crippen LogP contribution in [-0.2, 0) is 20.7 Å². The van der Waals surface area contributed by atoms with Crippen molar-refractivity contribution < 1.29 is 14.3 Å². The lowest BCUT2D eigenvalue weighted by molar-refractivity contribution is -0.158. The van der Waals surface area contributed by atoms with Gasteiger partial charge in [-0.25, -0.2) is 0 Å². The van der Waals surface area contributed by atoms with Crippen LogP contribution in [0.25, 0.3) is 0 Å². The quantitative estimate of drug-likeness (QED) is 0.841. The molecule has 1 N–H and O–H groups in total. The third-order valence-electron chi connectivity index (χ3n) is 4.64. The van der Waals surface area contributed by atoms with Crippen LogP contribution in [0.5, 0.6) is 0 Å². The van der Waals surface area contributed by atoms with Gasteiger partial charge in [-0.2, -0.15) is 0 Å². The summed E-state index contributed by atoms with van der Waals surface area (Å²) in [6.07, 6.45) is 6.62. The zero-order valence-electron chi connectivity index (χ0n) is 13.6. The molecule has 0 bridgehead atoms. The molecule has 4 nitrogen and oxygen atoms in total. The topological polar surface area (TPSA) is 47.6 Å². The van der Waals surface area contributed by atoms with E-state index in [1.54, 1.807) is 11.8 Å². The molecular formula is C18H25NO3S. The molecule has 5 heteroatoms. The van der Waals surface area contributed by atoms with E-state index < -0.39 is 0 Å². The predicted octanol–water partition coefficient (Wildman–Crippen LogP) is 2.79. The van der Waals surface area contributed by atoms with Gasteiger partial charge in [-0.3, -0.25) is 4.79 Å². The van der Waals surface area contributed by atoms with Crippen molar-refractivity contribution in [2.24, 2.45) is 0 Å². The second kappa shape index (κ2) is 8.18. The van der Waals surface area contributed by atoms with E-state index in [4.69, 9.17) is 9.47 Å². The number of thioether (sulfide) groups is 1. The van der Waals surface area contributed by atoms with Crippen LogP contribution < -0.4 is 5.32 Å². The number of amides is 1. The number of aryl methyl sites for hydroxylation is 1. The molecule has 2 aliphatic rings. The fraction of sp³-hybridized carbons (Fsp3) is 0.611. The minimum atomic E-state index is 0.138. The highest BCUT2D eigenvalue weighted by atomic mass is 32.2. The van der Waals surface area contributed by atoms with Crippen LogP contribution in [0.1, 0.15) is 31.2 Å². The molecule has 1 aromatic carbocycles. The van der Waals surface area contributed by atoms with Crippen LogP contribution in [0.4, 0.5) is 0 Å². The van der Waals surface area contributed by atoms with E-state index in [1.165, 1.54) is 10.5 Å². The summed E-state index contributed by atoms with van der Waals surface area (Å²) < 4.78 is 11.5. The highest BCUT2D eigenvalue weighted by molar-refractivity contribution is 7.98. The minimum Gasteiger partial charge on any atom is -0.373 e. The molecule has 0 spiro atoms. The van der Waals surface area contributed by atoms with E-state index in [0.29, 0.717) is 19.6 Å². The predicted molar refractivity (Wildman–Crippen MR) is 91.8 cm³/mol. The molecule has 0 radical (unpaired) electrons. The lowest BCUT2D eigenvalue weighted by Gasteiger charge is -2.39. The first-order chi connectivity index (χ1) is 11.2. The number of benzene rings is 1. The van der Waals surface area contributed by atoms with Crippen LogP contribution in [-0.4, -0.2) is 43.6 Å². The number of fused-ring (bicyclic) bond motifs is 1. The molecule has 23 heavy (non-hydrogen) atoms. The van der Waals surface area contributed by atoms with Crippen molar-refractivity contribution in [3.05, 3.63) is 29.8 Å². The Morgan fingerprint density at radius 1 is 1.17 bits per heavy atom. The maximum absolute atomic E-state index is 12.2. The average Bonchev–Trinajstić information content (AvgIpc) is 2.60. The van der Waals surface area contributed by atoms with Crippen LogP contribution in [0.15, 0.2) is 29.2 Å². The van der Waals surface area contributed by atoms with Gasteiger partial charge < -0.3 is 14.8 Å². The Morgan fingerprint density at radius 2 is 1.91 bits per heavy atom. The van der Waals surface area contributed by atoms with E-state index >= 15 is 0 Å². The first-order valence-corrected chi connectivity index (χ1v) is 9.62. The van der Waals surface area contributed by atoms with Crippen molar-refractivity contribution in [3.8, 4) is 0 Å². The molecule has 1 amide bonds. The normalized spacial score (nSPS) is 27.3. The summed E-state index contributed by atoms with van der Waals surface area (Å²) in [6, 6.07) is 8.66. The van der Waals surface area contributed by atoms with Crippen LogP contribution in [0.2, 0.25) is 0 Å². The van der Waals surface area contributed by atoms with Gasteiger partial charge in [-0.1, -0.05) is 12.1 Å². The first-order valence-electron chi connectivity index (χ1n) is 8.40. The molecule has 1 saturated heterocycles. The third-order valence-corrected chi connectivity index (χ3v) is 5.39. The average molecular weight is 335 g/mol. The molecule has 0 aromatic heterocycles. The van der Waals surface area contributed by atoms with Gasteiger partial charge in [0.15, 0.2) is 0 Å². The second-order valence-electron chi connectivity index (χ2n) is 6.24. The summed E-state index contributed by atoms with van der Waals surface area (Å²) in [5.41, 5.74) is 1.21. The maximum Gasteiger partial charge on any atom is 0.220 e. The Balaban J connectivity index is 1.42. The molecule has 1 heterocycles. The number of rotatable bonds is 5. The van der Waals surface area contributed by atoms with E-state index in [9.17, 15) is 4.79 Å². The Morgan fingerprint density at radius 3 is 2.65 bits per heavy atom. The Bertz CT molecular complexity index is 520. The van der Waals surface area contributed by atoms with Crippen LogP contribution >= 0.6 is 11.8 Å². The molecular weight excluding hydrogens is 310 g/mol. The van der Waals surface area contributed by atoms with Crippen molar-refractivity contribution in [3.63, 3.8) is 0 Å². The molecule has 1 aliphatic carbocycles. The molecule has 3 unspecified atom stereocenters. The van der Waals surface area contributed by atoms with Gasteiger partial charge in [0.25, 0.3) is 0 Å². The maximum atomic E-state index is 12.2. The fourth-order valence-electron chi connectivity index (χ4n) is 3.35. The summed E-state index contributed by atoms with van der Waals surface area (Å²) in [4.78, 5) is 13.4. The Kier molecular flexibility index (Phi) is 5.97. The summed E-state index contributed by atoms with van der Waals surface area (Å²) in [6.45, 7) is 1.38. The number of nitrogens with one attached hydrogen (secondary N) is 1. The van der Waals surface area contributed by atoms with Crippen molar-refractivity contribution in [1.82, 2.24) is 5.32 Å². The lowest BCUT2D eigenvalue weighted by Crippen LogP contribution is -2.49. The standard InChI is InChI=1S/C18H25NO3S/c1-23-15-6-2-13(3-7-15)4-9-18(20)19-14-5-8-16-17(12-14)22-11-10-21-16/h2-3,6-7,14,16-17H,4-5,8-12H2,1H3,(H,19,20). The number of carbonyl (C=O) groups excluding carboxylic acids is 1. The van der Waals surface area contributed by atoms with E-state index in [0.717, 1.165) is 25.7 Å². The number of ether oxygens (including phenoxy) is 2. The zero-order valence-corrected chi connectivity index (χ0v) is 14.4. The minimum absolute atomic E-state index is 0.138. The second-order valence-corrected chi connectivity index (χ2v) is 7.12. The molecule has 2 fully saturated rings. The molecule has 3 rings (SSSR count). The summed E-state index contributed by atoms with van der Waals surface area (Å²) in [5, 5.41) is 3.17. The summed E-state index contributed by atoms with van der Waals surface area (Å²) >= 11 is 1.73. The van der Waals surface area contributed by atoms with Crippen molar-refractivity contribution >= 4 is 17.7 Å². The van der Waals surface area contributed by atoms with E-state index in [-0.39, 0.29) is 24.2 Å². The largest absolute Gasteiger partial charge is 0.373 e. The highest BCUT2D eigenvalue weighted by Gasteiger charge is 2.34. The fourth-order valence-corrected chi connectivity index (χ4v) is 3.76. The smallest absolute Gasteiger partial charge is 0.220 e. The van der Waals surface area contributed by atoms with Gasteiger partial charge in [0.2, 0.25) is 5.91 Å². The van der Waals surface area contributed by atoms with Gasteiger partial charge in [0.05, 0.1) is 25.4 Å². The lowest BCUT2D eigenvalue weighted by atomic mass is 9.89. The van der Waals surface area contributed by atoms with Crippen molar-refractivity contribution in [2.45, 2.75) is 55.2 Å². The monoisotopic (exact) mass is 335 g/mol. The third kappa shape index (κ3) is 4.72. The summed E-state index contributed by atoms with van der Waals surface area (Å²) in [7, 11) is 0. The van der Waals surface area contributed by atoms with Crippen molar-refractivity contribution in [2.75, 3.05) is 19.5 Å². The molecule has 126 valence electrons. The van der Waals surface area contributed by atoms with Crippen LogP contribution in [0.3, 0.4) is 0 Å². The number of carbonyl (C=O) groups is 1. The van der Waals surface area contributed by atoms with Crippen molar-refractivity contribution in [1.29, 1.82) is 0 Å². The summed E-state index contributed by atoms with van der Waals surface area (Å²) in [5.74, 6) is 0.138.